The number of piperazine rings is 1. The SMILES string of the molecule is C[C@@H]1CN(C[C@@H]2CCOC2)C[C@@H](C)N1C[C@@H]1CCOC1. The zero-order chi connectivity index (χ0) is 13.9. The molecule has 3 fully saturated rings. The van der Waals surface area contributed by atoms with Crippen molar-refractivity contribution in [3.8, 4) is 0 Å². The Labute approximate surface area is 123 Å². The van der Waals surface area contributed by atoms with Gasteiger partial charge in [-0.25, -0.2) is 0 Å². The first-order valence-corrected chi connectivity index (χ1v) is 8.36. The predicted octanol–water partition coefficient (Wildman–Crippen LogP) is 1.45. The van der Waals surface area contributed by atoms with Gasteiger partial charge in [-0.3, -0.25) is 9.80 Å². The molecule has 3 saturated heterocycles. The van der Waals surface area contributed by atoms with Crippen LogP contribution in [0.5, 0.6) is 0 Å². The van der Waals surface area contributed by atoms with E-state index in [1.54, 1.807) is 0 Å². The largest absolute Gasteiger partial charge is 0.381 e. The zero-order valence-electron chi connectivity index (χ0n) is 13.1. The summed E-state index contributed by atoms with van der Waals surface area (Å²) in [5.41, 5.74) is 0. The Hall–Kier alpha value is -0.160. The van der Waals surface area contributed by atoms with E-state index in [2.05, 4.69) is 23.6 Å². The van der Waals surface area contributed by atoms with Crippen LogP contribution in [-0.4, -0.2) is 74.5 Å². The second-order valence-corrected chi connectivity index (χ2v) is 7.07. The van der Waals surface area contributed by atoms with Crippen LogP contribution in [0.4, 0.5) is 0 Å². The third-order valence-corrected chi connectivity index (χ3v) is 5.21. The molecule has 0 unspecified atom stereocenters. The van der Waals surface area contributed by atoms with Crippen molar-refractivity contribution in [2.75, 3.05) is 52.6 Å². The van der Waals surface area contributed by atoms with Crippen molar-refractivity contribution in [2.24, 2.45) is 11.8 Å². The number of ether oxygens (including phenoxy) is 2. The molecule has 4 heteroatoms. The Bertz CT molecular complexity index is 289. The fraction of sp³-hybridized carbons (Fsp3) is 1.00. The Balaban J connectivity index is 1.49. The van der Waals surface area contributed by atoms with Gasteiger partial charge in [0.25, 0.3) is 0 Å². The maximum absolute atomic E-state index is 5.53. The van der Waals surface area contributed by atoms with Gasteiger partial charge in [0.2, 0.25) is 0 Å². The smallest absolute Gasteiger partial charge is 0.0507 e. The van der Waals surface area contributed by atoms with Crippen molar-refractivity contribution in [3.05, 3.63) is 0 Å². The molecule has 0 aromatic heterocycles. The molecule has 0 aromatic rings. The van der Waals surface area contributed by atoms with Gasteiger partial charge in [-0.15, -0.1) is 0 Å². The molecule has 4 nitrogen and oxygen atoms in total. The van der Waals surface area contributed by atoms with Gasteiger partial charge in [0.05, 0.1) is 13.2 Å². The van der Waals surface area contributed by atoms with E-state index in [0.29, 0.717) is 12.1 Å². The van der Waals surface area contributed by atoms with Crippen LogP contribution in [0.3, 0.4) is 0 Å². The lowest BCUT2D eigenvalue weighted by molar-refractivity contribution is 0.0186. The molecule has 3 rings (SSSR count). The Kier molecular flexibility index (Phi) is 4.97. The zero-order valence-corrected chi connectivity index (χ0v) is 13.1. The molecule has 0 radical (unpaired) electrons. The third-order valence-electron chi connectivity index (χ3n) is 5.21. The van der Waals surface area contributed by atoms with Crippen molar-refractivity contribution in [1.82, 2.24) is 9.80 Å². The molecule has 20 heavy (non-hydrogen) atoms. The molecular weight excluding hydrogens is 252 g/mol. The lowest BCUT2D eigenvalue weighted by Gasteiger charge is -2.46. The molecule has 3 heterocycles. The van der Waals surface area contributed by atoms with Crippen LogP contribution in [0.1, 0.15) is 26.7 Å². The van der Waals surface area contributed by atoms with Gasteiger partial charge in [-0.1, -0.05) is 0 Å². The molecule has 0 spiro atoms. The van der Waals surface area contributed by atoms with Gasteiger partial charge >= 0.3 is 0 Å². The minimum Gasteiger partial charge on any atom is -0.381 e. The van der Waals surface area contributed by atoms with Crippen molar-refractivity contribution in [1.29, 1.82) is 0 Å². The van der Waals surface area contributed by atoms with Gasteiger partial charge < -0.3 is 9.47 Å². The summed E-state index contributed by atoms with van der Waals surface area (Å²) in [6.45, 7) is 13.6. The summed E-state index contributed by atoms with van der Waals surface area (Å²) in [5.74, 6) is 1.53. The summed E-state index contributed by atoms with van der Waals surface area (Å²) < 4.78 is 11.0. The second-order valence-electron chi connectivity index (χ2n) is 7.07. The van der Waals surface area contributed by atoms with E-state index in [9.17, 15) is 0 Å². The minimum absolute atomic E-state index is 0.668. The highest BCUT2D eigenvalue weighted by Gasteiger charge is 2.33. The van der Waals surface area contributed by atoms with Gasteiger partial charge in [0.15, 0.2) is 0 Å². The number of hydrogen-bond acceptors (Lipinski definition) is 4. The summed E-state index contributed by atoms with van der Waals surface area (Å²) >= 11 is 0. The maximum atomic E-state index is 5.53. The molecule has 0 N–H and O–H groups in total. The first-order chi connectivity index (χ1) is 9.72. The van der Waals surface area contributed by atoms with Gasteiger partial charge in [-0.2, -0.15) is 0 Å². The van der Waals surface area contributed by atoms with E-state index in [4.69, 9.17) is 9.47 Å². The monoisotopic (exact) mass is 282 g/mol. The van der Waals surface area contributed by atoms with Gasteiger partial charge in [0, 0.05) is 51.5 Å². The van der Waals surface area contributed by atoms with E-state index < -0.39 is 0 Å². The highest BCUT2D eigenvalue weighted by Crippen LogP contribution is 2.23. The lowest BCUT2D eigenvalue weighted by Crippen LogP contribution is -2.58. The Morgan fingerprint density at radius 2 is 1.40 bits per heavy atom. The fourth-order valence-electron chi connectivity index (χ4n) is 4.09. The summed E-state index contributed by atoms with van der Waals surface area (Å²) in [6.07, 6.45) is 2.50. The Morgan fingerprint density at radius 1 is 0.850 bits per heavy atom. The second kappa shape index (κ2) is 6.73. The van der Waals surface area contributed by atoms with Crippen LogP contribution in [0.15, 0.2) is 0 Å². The van der Waals surface area contributed by atoms with Crippen molar-refractivity contribution >= 4 is 0 Å². The molecule has 4 atom stereocenters. The number of nitrogens with zero attached hydrogens (tertiary/aromatic N) is 2. The summed E-state index contributed by atoms with van der Waals surface area (Å²) in [4.78, 5) is 5.37. The van der Waals surface area contributed by atoms with E-state index in [1.165, 1.54) is 39.0 Å². The fourth-order valence-corrected chi connectivity index (χ4v) is 4.09. The molecule has 0 aliphatic carbocycles. The Morgan fingerprint density at radius 3 is 1.90 bits per heavy atom. The molecular formula is C16H30N2O2. The third kappa shape index (κ3) is 3.53. The van der Waals surface area contributed by atoms with Crippen molar-refractivity contribution < 1.29 is 9.47 Å². The van der Waals surface area contributed by atoms with Crippen molar-refractivity contribution in [3.63, 3.8) is 0 Å². The van der Waals surface area contributed by atoms with Crippen LogP contribution in [0, 0.1) is 11.8 Å². The lowest BCUT2D eigenvalue weighted by atomic mass is 10.0. The highest BCUT2D eigenvalue weighted by molar-refractivity contribution is 4.87. The average Bonchev–Trinajstić information content (AvgIpc) is 3.06. The summed E-state index contributed by atoms with van der Waals surface area (Å²) in [5, 5.41) is 0. The van der Waals surface area contributed by atoms with Gasteiger partial charge in [-0.05, 0) is 38.5 Å². The molecule has 3 aliphatic rings. The quantitative estimate of drug-likeness (QED) is 0.779. The topological polar surface area (TPSA) is 24.9 Å². The number of rotatable bonds is 4. The first-order valence-electron chi connectivity index (χ1n) is 8.36. The van der Waals surface area contributed by atoms with Crippen LogP contribution in [0.2, 0.25) is 0 Å². The molecule has 0 amide bonds. The molecule has 0 bridgehead atoms. The van der Waals surface area contributed by atoms with E-state index in [0.717, 1.165) is 38.3 Å². The van der Waals surface area contributed by atoms with E-state index >= 15 is 0 Å². The standard InChI is InChI=1S/C16H30N2O2/c1-13-7-17(9-15-3-5-19-11-15)8-14(2)18(13)10-16-4-6-20-12-16/h13-16H,3-12H2,1-2H3/t13-,14-,15+,16+/m1/s1. The molecule has 0 aromatic carbocycles. The molecule has 0 saturated carbocycles. The van der Waals surface area contributed by atoms with Crippen molar-refractivity contribution in [2.45, 2.75) is 38.8 Å². The van der Waals surface area contributed by atoms with Crippen LogP contribution < -0.4 is 0 Å². The summed E-state index contributed by atoms with van der Waals surface area (Å²) in [7, 11) is 0. The van der Waals surface area contributed by atoms with Crippen LogP contribution in [0.25, 0.3) is 0 Å². The maximum Gasteiger partial charge on any atom is 0.0507 e. The van der Waals surface area contributed by atoms with Gasteiger partial charge in [0.1, 0.15) is 0 Å². The first kappa shape index (κ1) is 14.8. The predicted molar refractivity (Wildman–Crippen MR) is 79.9 cm³/mol. The highest BCUT2D eigenvalue weighted by atomic mass is 16.5. The van der Waals surface area contributed by atoms with E-state index in [1.807, 2.05) is 0 Å². The minimum atomic E-state index is 0.668. The van der Waals surface area contributed by atoms with Crippen LogP contribution >= 0.6 is 0 Å². The van der Waals surface area contributed by atoms with Crippen LogP contribution in [-0.2, 0) is 9.47 Å². The molecule has 116 valence electrons. The average molecular weight is 282 g/mol. The normalized spacial score (nSPS) is 40.5. The molecule has 3 aliphatic heterocycles. The van der Waals surface area contributed by atoms with E-state index in [-0.39, 0.29) is 0 Å². The number of hydrogen-bond donors (Lipinski definition) is 0. The summed E-state index contributed by atoms with van der Waals surface area (Å²) in [6, 6.07) is 1.34.